The summed E-state index contributed by atoms with van der Waals surface area (Å²) < 4.78 is 32.7. The van der Waals surface area contributed by atoms with Gasteiger partial charge in [0.05, 0.1) is 17.9 Å². The molecule has 0 saturated carbocycles. The molecule has 2 fully saturated rings. The minimum Gasteiger partial charge on any atom is -0.448 e. The van der Waals surface area contributed by atoms with Crippen LogP contribution < -0.4 is 0 Å². The molecule has 8 nitrogen and oxygen atoms in total. The van der Waals surface area contributed by atoms with Crippen LogP contribution in [0, 0.1) is 11.6 Å². The van der Waals surface area contributed by atoms with Crippen molar-refractivity contribution in [3.8, 4) is 16.9 Å². The molecule has 40 heavy (non-hydrogen) atoms. The van der Waals surface area contributed by atoms with Gasteiger partial charge in [0.2, 0.25) is 0 Å². The van der Waals surface area contributed by atoms with Crippen molar-refractivity contribution in [3.05, 3.63) is 103 Å². The van der Waals surface area contributed by atoms with Crippen LogP contribution in [0.4, 0.5) is 13.6 Å². The highest BCUT2D eigenvalue weighted by molar-refractivity contribution is 5.76. The first kappa shape index (κ1) is 28.6. The number of carbonyl (C=O) groups is 2. The van der Waals surface area contributed by atoms with Crippen LogP contribution in [0.3, 0.4) is 0 Å². The van der Waals surface area contributed by atoms with Gasteiger partial charge in [-0.15, -0.1) is 0 Å². The molecule has 2 aromatic heterocycles. The average Bonchev–Trinajstić information content (AvgIpc) is 3.63. The predicted molar refractivity (Wildman–Crippen MR) is 147 cm³/mol. The van der Waals surface area contributed by atoms with E-state index in [0.717, 1.165) is 50.2 Å². The Kier molecular flexibility index (Phi) is 10.1. The van der Waals surface area contributed by atoms with Gasteiger partial charge >= 0.3 is 6.09 Å². The van der Waals surface area contributed by atoms with E-state index in [-0.39, 0.29) is 11.8 Å². The van der Waals surface area contributed by atoms with Gasteiger partial charge in [-0.1, -0.05) is 36.4 Å². The maximum Gasteiger partial charge on any atom is 0.410 e. The number of nitrogens with zero attached hydrogens (tertiary/aromatic N) is 5. The molecule has 0 aliphatic carbocycles. The number of carbonyl (C=O) groups excluding carboxylic acids is 2. The highest BCUT2D eigenvalue weighted by atomic mass is 19.2. The molecule has 0 radical (unpaired) electrons. The fraction of sp³-hybridized carbons (Fsp3) is 0.267. The minimum atomic E-state index is -0.976. The van der Waals surface area contributed by atoms with E-state index in [4.69, 9.17) is 4.74 Å². The van der Waals surface area contributed by atoms with E-state index >= 15 is 0 Å². The van der Waals surface area contributed by atoms with Gasteiger partial charge in [-0.2, -0.15) is 5.10 Å². The summed E-state index contributed by atoms with van der Waals surface area (Å²) in [5, 5.41) is 4.09. The predicted octanol–water partition coefficient (Wildman–Crippen LogP) is 5.24. The van der Waals surface area contributed by atoms with Gasteiger partial charge < -0.3 is 14.5 Å². The zero-order valence-electron chi connectivity index (χ0n) is 22.2. The summed E-state index contributed by atoms with van der Waals surface area (Å²) in [6.07, 6.45) is 5.85. The van der Waals surface area contributed by atoms with Crippen LogP contribution in [0.1, 0.15) is 23.3 Å². The maximum absolute atomic E-state index is 13.4. The summed E-state index contributed by atoms with van der Waals surface area (Å²) in [5.41, 5.74) is 1.88. The van der Waals surface area contributed by atoms with Gasteiger partial charge in [-0.3, -0.25) is 9.78 Å². The van der Waals surface area contributed by atoms with Crippen molar-refractivity contribution in [2.24, 2.45) is 0 Å². The number of piperidine rings is 1. The first-order valence-electron chi connectivity index (χ1n) is 13.0. The second-order valence-corrected chi connectivity index (χ2v) is 9.32. The molecule has 0 N–H and O–H groups in total. The highest BCUT2D eigenvalue weighted by Crippen LogP contribution is 2.24. The van der Waals surface area contributed by atoms with Crippen LogP contribution >= 0.6 is 0 Å². The van der Waals surface area contributed by atoms with E-state index in [1.807, 2.05) is 41.3 Å². The number of hydrogen-bond acceptors (Lipinski definition) is 6. The summed E-state index contributed by atoms with van der Waals surface area (Å²) in [6.45, 7) is 3.54. The third-order valence-corrected chi connectivity index (χ3v) is 6.56. The Morgan fingerprint density at radius 1 is 0.900 bits per heavy atom. The number of rotatable bonds is 4. The molecule has 2 aliphatic heterocycles. The maximum atomic E-state index is 13.4. The van der Waals surface area contributed by atoms with Crippen molar-refractivity contribution in [1.82, 2.24) is 24.6 Å². The van der Waals surface area contributed by atoms with Gasteiger partial charge in [0.1, 0.15) is 12.3 Å². The Balaban J connectivity index is 0.000000164. The first-order chi connectivity index (χ1) is 19.5. The number of pyridine rings is 1. The highest BCUT2D eigenvalue weighted by Gasteiger charge is 2.31. The summed E-state index contributed by atoms with van der Waals surface area (Å²) in [6, 6.07) is 20.9. The fourth-order valence-corrected chi connectivity index (χ4v) is 4.43. The standard InChI is InChI=1S/C15H9F2N3O.C9H16N2O2.C6H6/c16-13-2-1-12(8-14(13)17)20-15(7-11(9-21)19-20)10-3-5-18-6-4-10;1-10-4-2-8(3-5-10)11-6-7-13-9(11)12;1-2-4-6-5-3-1/h1-9H;8H,2-7H2,1H3;1-6H. The lowest BCUT2D eigenvalue weighted by Crippen LogP contribution is -2.44. The molecule has 0 unspecified atom stereocenters. The van der Waals surface area contributed by atoms with Gasteiger partial charge in [0.15, 0.2) is 17.9 Å². The number of aldehydes is 1. The van der Waals surface area contributed by atoms with Crippen molar-refractivity contribution in [2.75, 3.05) is 33.3 Å². The van der Waals surface area contributed by atoms with Crippen LogP contribution in [-0.4, -0.2) is 76.3 Å². The van der Waals surface area contributed by atoms with Crippen molar-refractivity contribution in [1.29, 1.82) is 0 Å². The fourth-order valence-electron chi connectivity index (χ4n) is 4.43. The van der Waals surface area contributed by atoms with Gasteiger partial charge in [0.25, 0.3) is 0 Å². The number of amides is 1. The smallest absolute Gasteiger partial charge is 0.410 e. The Hall–Kier alpha value is -4.44. The molecule has 2 aliphatic rings. The molecule has 2 saturated heterocycles. The second kappa shape index (κ2) is 14.1. The van der Waals surface area contributed by atoms with E-state index in [2.05, 4.69) is 22.0 Å². The van der Waals surface area contributed by atoms with E-state index in [0.29, 0.717) is 30.3 Å². The van der Waals surface area contributed by atoms with Crippen LogP contribution in [0.25, 0.3) is 16.9 Å². The molecular formula is C30H31F2N5O3. The molecule has 1 amide bonds. The van der Waals surface area contributed by atoms with Crippen LogP contribution in [0.5, 0.6) is 0 Å². The van der Waals surface area contributed by atoms with Gasteiger partial charge in [0, 0.05) is 30.1 Å². The lowest BCUT2D eigenvalue weighted by Gasteiger charge is -2.33. The topological polar surface area (TPSA) is 80.6 Å². The second-order valence-electron chi connectivity index (χ2n) is 9.32. The van der Waals surface area contributed by atoms with Gasteiger partial charge in [-0.25, -0.2) is 18.3 Å². The molecule has 0 spiro atoms. The number of aromatic nitrogens is 3. The number of cyclic esters (lactones) is 1. The molecule has 208 valence electrons. The summed E-state index contributed by atoms with van der Waals surface area (Å²) >= 11 is 0. The SMILES string of the molecule is CN1CCC(N2CCOC2=O)CC1.O=Cc1cc(-c2ccncc2)n(-c2ccc(F)c(F)c2)n1.c1ccccc1. The minimum absolute atomic E-state index is 0.116. The van der Waals surface area contributed by atoms with Crippen LogP contribution in [-0.2, 0) is 4.74 Å². The largest absolute Gasteiger partial charge is 0.448 e. The quantitative estimate of drug-likeness (QED) is 0.325. The summed E-state index contributed by atoms with van der Waals surface area (Å²) in [4.78, 5) is 30.3. The number of halogens is 2. The first-order valence-corrected chi connectivity index (χ1v) is 13.0. The number of hydrogen-bond donors (Lipinski definition) is 0. The van der Waals surface area contributed by atoms with Crippen molar-refractivity contribution < 1.29 is 23.1 Å². The Bertz CT molecular complexity index is 1350. The van der Waals surface area contributed by atoms with E-state index in [9.17, 15) is 18.4 Å². The molecule has 4 aromatic rings. The molecular weight excluding hydrogens is 516 g/mol. The normalized spacial score (nSPS) is 15.4. The third kappa shape index (κ3) is 7.57. The summed E-state index contributed by atoms with van der Waals surface area (Å²) in [7, 11) is 2.12. The van der Waals surface area contributed by atoms with Crippen molar-refractivity contribution in [3.63, 3.8) is 0 Å². The lowest BCUT2D eigenvalue weighted by atomic mass is 10.0. The molecule has 0 atom stereocenters. The molecule has 0 bridgehead atoms. The van der Waals surface area contributed by atoms with Crippen LogP contribution in [0.15, 0.2) is 85.2 Å². The third-order valence-electron chi connectivity index (χ3n) is 6.56. The van der Waals surface area contributed by atoms with E-state index < -0.39 is 11.6 Å². The Morgan fingerprint density at radius 2 is 1.55 bits per heavy atom. The van der Waals surface area contributed by atoms with Crippen molar-refractivity contribution in [2.45, 2.75) is 18.9 Å². The molecule has 6 rings (SSSR count). The Morgan fingerprint density at radius 3 is 2.10 bits per heavy atom. The zero-order valence-corrected chi connectivity index (χ0v) is 22.2. The van der Waals surface area contributed by atoms with E-state index in [1.165, 1.54) is 10.7 Å². The molecule has 10 heteroatoms. The monoisotopic (exact) mass is 547 g/mol. The zero-order chi connectivity index (χ0) is 28.3. The number of likely N-dealkylation sites (tertiary alicyclic amines) is 1. The molecule has 2 aromatic carbocycles. The van der Waals surface area contributed by atoms with Gasteiger partial charge in [-0.05, 0) is 63.3 Å². The number of benzene rings is 2. The van der Waals surface area contributed by atoms with Crippen LogP contribution in [0.2, 0.25) is 0 Å². The Labute approximate surface area is 231 Å². The van der Waals surface area contributed by atoms with E-state index in [1.54, 1.807) is 30.6 Å². The summed E-state index contributed by atoms with van der Waals surface area (Å²) in [5.74, 6) is -1.91. The average molecular weight is 548 g/mol. The lowest BCUT2D eigenvalue weighted by molar-refractivity contribution is 0.111. The number of ether oxygens (including phenoxy) is 1. The molecule has 4 heterocycles. The van der Waals surface area contributed by atoms with Crippen molar-refractivity contribution >= 4 is 12.4 Å².